The van der Waals surface area contributed by atoms with Crippen molar-refractivity contribution in [1.82, 2.24) is 5.32 Å². The number of hydrogen-bond acceptors (Lipinski definition) is 2. The maximum Gasteiger partial charge on any atom is 0.248 e. The van der Waals surface area contributed by atoms with Gasteiger partial charge in [0.2, 0.25) is 5.91 Å². The van der Waals surface area contributed by atoms with Gasteiger partial charge in [-0.3, -0.25) is 4.79 Å². The summed E-state index contributed by atoms with van der Waals surface area (Å²) in [6.07, 6.45) is 5.95. The Kier molecular flexibility index (Phi) is 4.58. The normalized spacial score (nSPS) is 20.5. The highest BCUT2D eigenvalue weighted by atomic mass is 16.5. The Bertz CT molecular complexity index is 212. The highest BCUT2D eigenvalue weighted by molar-refractivity contribution is 5.80. The van der Waals surface area contributed by atoms with Crippen LogP contribution in [0.1, 0.15) is 46.0 Å². The summed E-state index contributed by atoms with van der Waals surface area (Å²) in [4.78, 5) is 11.5. The summed E-state index contributed by atoms with van der Waals surface area (Å²) in [5.41, 5.74) is 0.401. The summed E-state index contributed by atoms with van der Waals surface area (Å²) in [5, 5.41) is 3.00. The van der Waals surface area contributed by atoms with E-state index < -0.39 is 0 Å². The fraction of sp³-hybridized carbons (Fsp3) is 0.917. The van der Waals surface area contributed by atoms with Crippen LogP contribution in [0.5, 0.6) is 0 Å². The Morgan fingerprint density at radius 1 is 1.53 bits per heavy atom. The van der Waals surface area contributed by atoms with Gasteiger partial charge in [0.05, 0.1) is 0 Å². The predicted octanol–water partition coefficient (Wildman–Crippen LogP) is 2.11. The first-order chi connectivity index (χ1) is 7.13. The Morgan fingerprint density at radius 2 is 2.20 bits per heavy atom. The molecule has 0 aromatic heterocycles. The molecule has 1 atom stereocenters. The number of methoxy groups -OCH3 is 1. The largest absolute Gasteiger partial charge is 0.372 e. The van der Waals surface area contributed by atoms with Gasteiger partial charge in [0.1, 0.15) is 6.10 Å². The topological polar surface area (TPSA) is 38.3 Å². The van der Waals surface area contributed by atoms with Crippen molar-refractivity contribution < 1.29 is 9.53 Å². The summed E-state index contributed by atoms with van der Waals surface area (Å²) in [6, 6.07) is 0. The van der Waals surface area contributed by atoms with Gasteiger partial charge in [-0.2, -0.15) is 0 Å². The molecule has 1 fully saturated rings. The van der Waals surface area contributed by atoms with E-state index in [4.69, 9.17) is 4.74 Å². The maximum atomic E-state index is 11.5. The predicted molar refractivity (Wildman–Crippen MR) is 60.7 cm³/mol. The van der Waals surface area contributed by atoms with E-state index in [1.54, 1.807) is 14.0 Å². The van der Waals surface area contributed by atoms with Crippen molar-refractivity contribution in [3.05, 3.63) is 0 Å². The van der Waals surface area contributed by atoms with Crippen molar-refractivity contribution in [3.63, 3.8) is 0 Å². The quantitative estimate of drug-likeness (QED) is 0.734. The maximum absolute atomic E-state index is 11.5. The first kappa shape index (κ1) is 12.5. The van der Waals surface area contributed by atoms with Crippen molar-refractivity contribution in [1.29, 1.82) is 0 Å². The van der Waals surface area contributed by atoms with Crippen LogP contribution in [0, 0.1) is 5.41 Å². The molecule has 88 valence electrons. The molecule has 1 rings (SSSR count). The summed E-state index contributed by atoms with van der Waals surface area (Å²) < 4.78 is 4.98. The number of nitrogens with one attached hydrogen (secondary N) is 1. The van der Waals surface area contributed by atoms with E-state index in [1.807, 2.05) is 0 Å². The van der Waals surface area contributed by atoms with Gasteiger partial charge < -0.3 is 10.1 Å². The zero-order valence-electron chi connectivity index (χ0n) is 10.1. The van der Waals surface area contributed by atoms with Crippen LogP contribution in [0.4, 0.5) is 0 Å². The molecule has 0 aromatic carbocycles. The van der Waals surface area contributed by atoms with E-state index in [2.05, 4.69) is 12.2 Å². The Balaban J connectivity index is 2.31. The average molecular weight is 213 g/mol. The third-order valence-corrected chi connectivity index (χ3v) is 3.55. The molecule has 3 heteroatoms. The molecule has 1 aliphatic rings. The average Bonchev–Trinajstić information content (AvgIpc) is 2.20. The fourth-order valence-electron chi connectivity index (χ4n) is 2.25. The summed E-state index contributed by atoms with van der Waals surface area (Å²) in [7, 11) is 1.56. The number of hydrogen-bond donors (Lipinski definition) is 1. The van der Waals surface area contributed by atoms with E-state index >= 15 is 0 Å². The van der Waals surface area contributed by atoms with Crippen LogP contribution >= 0.6 is 0 Å². The van der Waals surface area contributed by atoms with E-state index in [1.165, 1.54) is 32.1 Å². The summed E-state index contributed by atoms with van der Waals surface area (Å²) in [6.45, 7) is 4.82. The number of carbonyl (C=O) groups is 1. The van der Waals surface area contributed by atoms with Crippen LogP contribution in [0.3, 0.4) is 0 Å². The second-order valence-corrected chi connectivity index (χ2v) is 4.70. The van der Waals surface area contributed by atoms with Crippen LogP contribution < -0.4 is 5.32 Å². The SMILES string of the molecule is CCCC1(CNC(=O)C(C)OC)CCC1. The zero-order chi connectivity index (χ0) is 11.3. The van der Waals surface area contributed by atoms with Crippen molar-refractivity contribution in [2.24, 2.45) is 5.41 Å². The van der Waals surface area contributed by atoms with Crippen molar-refractivity contribution in [2.45, 2.75) is 52.1 Å². The lowest BCUT2D eigenvalue weighted by molar-refractivity contribution is -0.131. The number of carbonyl (C=O) groups excluding carboxylic acids is 1. The minimum atomic E-state index is -0.330. The monoisotopic (exact) mass is 213 g/mol. The molecule has 1 saturated carbocycles. The molecule has 0 heterocycles. The van der Waals surface area contributed by atoms with Gasteiger partial charge in [0.25, 0.3) is 0 Å². The molecule has 0 aromatic rings. The minimum absolute atomic E-state index is 0.0138. The van der Waals surface area contributed by atoms with Crippen LogP contribution in [0.25, 0.3) is 0 Å². The third kappa shape index (κ3) is 3.20. The zero-order valence-corrected chi connectivity index (χ0v) is 10.1. The fourth-order valence-corrected chi connectivity index (χ4v) is 2.25. The highest BCUT2D eigenvalue weighted by Crippen LogP contribution is 2.44. The lowest BCUT2D eigenvalue weighted by Crippen LogP contribution is -2.45. The molecule has 1 aliphatic carbocycles. The molecular formula is C12H23NO2. The van der Waals surface area contributed by atoms with E-state index in [0.29, 0.717) is 5.41 Å². The molecule has 1 unspecified atom stereocenters. The van der Waals surface area contributed by atoms with Crippen LogP contribution in [0.15, 0.2) is 0 Å². The standard InChI is InChI=1S/C12H23NO2/c1-4-6-12(7-5-8-12)9-13-11(14)10(2)15-3/h10H,4-9H2,1-3H3,(H,13,14). The highest BCUT2D eigenvalue weighted by Gasteiger charge is 2.36. The Labute approximate surface area is 92.6 Å². The molecule has 0 aliphatic heterocycles. The molecular weight excluding hydrogens is 190 g/mol. The van der Waals surface area contributed by atoms with Gasteiger partial charge in [-0.05, 0) is 31.6 Å². The molecule has 0 spiro atoms. The van der Waals surface area contributed by atoms with Gasteiger partial charge in [-0.1, -0.05) is 19.8 Å². The summed E-state index contributed by atoms with van der Waals surface area (Å²) >= 11 is 0. The van der Waals surface area contributed by atoms with Gasteiger partial charge in [-0.15, -0.1) is 0 Å². The van der Waals surface area contributed by atoms with Crippen LogP contribution in [-0.4, -0.2) is 25.7 Å². The minimum Gasteiger partial charge on any atom is -0.372 e. The molecule has 3 nitrogen and oxygen atoms in total. The summed E-state index contributed by atoms with van der Waals surface area (Å²) in [5.74, 6) is 0.0138. The molecule has 0 radical (unpaired) electrons. The van der Waals surface area contributed by atoms with Gasteiger partial charge >= 0.3 is 0 Å². The Morgan fingerprint density at radius 3 is 2.60 bits per heavy atom. The number of rotatable bonds is 6. The lowest BCUT2D eigenvalue weighted by atomic mass is 9.66. The first-order valence-corrected chi connectivity index (χ1v) is 5.94. The second kappa shape index (κ2) is 5.50. The molecule has 1 N–H and O–H groups in total. The lowest BCUT2D eigenvalue weighted by Gasteiger charge is -2.42. The van der Waals surface area contributed by atoms with E-state index in [0.717, 1.165) is 6.54 Å². The van der Waals surface area contributed by atoms with Gasteiger partial charge in [0, 0.05) is 13.7 Å². The molecule has 1 amide bonds. The molecule has 15 heavy (non-hydrogen) atoms. The number of ether oxygens (including phenoxy) is 1. The first-order valence-electron chi connectivity index (χ1n) is 5.94. The van der Waals surface area contributed by atoms with Crippen LogP contribution in [0.2, 0.25) is 0 Å². The van der Waals surface area contributed by atoms with Crippen molar-refractivity contribution >= 4 is 5.91 Å². The molecule has 0 bridgehead atoms. The van der Waals surface area contributed by atoms with Gasteiger partial charge in [0.15, 0.2) is 0 Å². The van der Waals surface area contributed by atoms with E-state index in [-0.39, 0.29) is 12.0 Å². The molecule has 0 saturated heterocycles. The van der Waals surface area contributed by atoms with E-state index in [9.17, 15) is 4.79 Å². The van der Waals surface area contributed by atoms with Crippen molar-refractivity contribution in [3.8, 4) is 0 Å². The van der Waals surface area contributed by atoms with Crippen molar-refractivity contribution in [2.75, 3.05) is 13.7 Å². The number of amides is 1. The smallest absolute Gasteiger partial charge is 0.248 e. The van der Waals surface area contributed by atoms with Gasteiger partial charge in [-0.25, -0.2) is 0 Å². The van der Waals surface area contributed by atoms with Crippen LogP contribution in [-0.2, 0) is 9.53 Å². The third-order valence-electron chi connectivity index (χ3n) is 3.55. The second-order valence-electron chi connectivity index (χ2n) is 4.70. The Hall–Kier alpha value is -0.570.